The molecule has 13 heteroatoms. The van der Waals surface area contributed by atoms with Gasteiger partial charge in [-0.2, -0.15) is 0 Å². The van der Waals surface area contributed by atoms with Crippen LogP contribution in [-0.4, -0.2) is 66.0 Å². The van der Waals surface area contributed by atoms with Crippen molar-refractivity contribution in [2.75, 3.05) is 13.1 Å². The van der Waals surface area contributed by atoms with E-state index in [4.69, 9.17) is 28.7 Å². The summed E-state index contributed by atoms with van der Waals surface area (Å²) in [5.41, 5.74) is 26.9. The van der Waals surface area contributed by atoms with Gasteiger partial charge in [-0.3, -0.25) is 19.6 Å². The third-order valence-electron chi connectivity index (χ3n) is 4.11. The Balaban J connectivity index is 5.02. The number of hydrogen-bond acceptors (Lipinski definition) is 6. The molecule has 0 saturated heterocycles. The van der Waals surface area contributed by atoms with Gasteiger partial charge in [-0.15, -0.1) is 0 Å². The van der Waals surface area contributed by atoms with Gasteiger partial charge in [0.15, 0.2) is 11.9 Å². The van der Waals surface area contributed by atoms with E-state index in [1.807, 2.05) is 0 Å². The second-order valence-electron chi connectivity index (χ2n) is 7.13. The number of carboxylic acids is 1. The maximum atomic E-state index is 12.6. The molecule has 172 valence electrons. The maximum Gasteiger partial charge on any atom is 0.326 e. The summed E-state index contributed by atoms with van der Waals surface area (Å²) in [6, 6.07) is -2.97. The molecule has 13 nitrogen and oxygen atoms in total. The van der Waals surface area contributed by atoms with Crippen LogP contribution >= 0.6 is 0 Å². The fraction of sp³-hybridized carbons (Fsp3) is 0.706. The Morgan fingerprint density at radius 3 is 1.80 bits per heavy atom. The molecule has 0 unspecified atom stereocenters. The lowest BCUT2D eigenvalue weighted by Gasteiger charge is -2.24. The number of carboxylic acid groups (broad SMARTS) is 1. The average molecular weight is 430 g/mol. The molecular weight excluding hydrogens is 394 g/mol. The average Bonchev–Trinajstić information content (AvgIpc) is 2.64. The molecule has 0 heterocycles. The summed E-state index contributed by atoms with van der Waals surface area (Å²) in [5.74, 6) is -2.82. The van der Waals surface area contributed by atoms with E-state index in [1.54, 1.807) is 13.8 Å². The summed E-state index contributed by atoms with van der Waals surface area (Å²) in [7, 11) is 0. The van der Waals surface area contributed by atoms with Crippen LogP contribution in [0.4, 0.5) is 0 Å². The van der Waals surface area contributed by atoms with Gasteiger partial charge in [0.25, 0.3) is 0 Å². The van der Waals surface area contributed by atoms with E-state index < -0.39 is 35.9 Å². The molecule has 0 aromatic heterocycles. The molecule has 3 atom stereocenters. The molecular formula is C17H35N9O4. The van der Waals surface area contributed by atoms with Crippen molar-refractivity contribution in [2.45, 2.75) is 57.7 Å². The normalized spacial score (nSPS) is 13.6. The summed E-state index contributed by atoms with van der Waals surface area (Å²) in [5, 5.41) is 14.3. The molecule has 13 N–H and O–H groups in total. The monoisotopic (exact) mass is 429 g/mol. The van der Waals surface area contributed by atoms with Gasteiger partial charge in [0, 0.05) is 13.1 Å². The lowest BCUT2D eigenvalue weighted by Crippen LogP contribution is -2.55. The van der Waals surface area contributed by atoms with E-state index in [0.717, 1.165) is 0 Å². The Hall–Kier alpha value is -3.09. The van der Waals surface area contributed by atoms with E-state index >= 15 is 0 Å². The van der Waals surface area contributed by atoms with Crippen molar-refractivity contribution in [3.05, 3.63) is 0 Å². The number of nitrogens with zero attached hydrogens (tertiary/aromatic N) is 2. The van der Waals surface area contributed by atoms with Gasteiger partial charge < -0.3 is 44.4 Å². The van der Waals surface area contributed by atoms with E-state index in [1.165, 1.54) is 0 Å². The number of aliphatic carboxylic acids is 1. The van der Waals surface area contributed by atoms with Gasteiger partial charge in [-0.05, 0) is 31.6 Å². The highest BCUT2D eigenvalue weighted by atomic mass is 16.4. The Kier molecular flexibility index (Phi) is 12.5. The number of guanidine groups is 2. The quantitative estimate of drug-likeness (QED) is 0.0801. The predicted molar refractivity (Wildman–Crippen MR) is 114 cm³/mol. The summed E-state index contributed by atoms with van der Waals surface area (Å²) in [6.07, 6.45) is 1.35. The number of carbonyl (C=O) groups is 3. The number of amides is 2. The van der Waals surface area contributed by atoms with Gasteiger partial charge in [0.05, 0.1) is 6.04 Å². The van der Waals surface area contributed by atoms with Crippen molar-refractivity contribution < 1.29 is 19.5 Å². The molecule has 0 bridgehead atoms. The molecule has 0 fully saturated rings. The second kappa shape index (κ2) is 14.0. The van der Waals surface area contributed by atoms with Crippen LogP contribution in [0, 0.1) is 5.92 Å². The number of hydrogen-bond donors (Lipinski definition) is 8. The van der Waals surface area contributed by atoms with Gasteiger partial charge in [0.2, 0.25) is 11.8 Å². The summed E-state index contributed by atoms with van der Waals surface area (Å²) in [6.45, 7) is 3.90. The summed E-state index contributed by atoms with van der Waals surface area (Å²) >= 11 is 0. The van der Waals surface area contributed by atoms with Crippen molar-refractivity contribution >= 4 is 29.7 Å². The predicted octanol–water partition coefficient (Wildman–Crippen LogP) is -2.87. The molecule has 0 saturated carbocycles. The largest absolute Gasteiger partial charge is 0.480 e. The van der Waals surface area contributed by atoms with E-state index in [0.29, 0.717) is 25.8 Å². The molecule has 0 aliphatic carbocycles. The first-order valence-electron chi connectivity index (χ1n) is 9.65. The van der Waals surface area contributed by atoms with Gasteiger partial charge in [-0.1, -0.05) is 13.8 Å². The van der Waals surface area contributed by atoms with Gasteiger partial charge in [-0.25, -0.2) is 4.79 Å². The third kappa shape index (κ3) is 11.7. The van der Waals surface area contributed by atoms with Crippen LogP contribution in [0.15, 0.2) is 9.98 Å². The minimum absolute atomic E-state index is 0.0522. The SMILES string of the molecule is CC(C)[C@H](NC(=O)[C@H](CCCN=C(N)N)NC(=O)[C@@H](N)CCCN=C(N)N)C(=O)O. The molecule has 0 aromatic rings. The highest BCUT2D eigenvalue weighted by Crippen LogP contribution is 2.06. The minimum Gasteiger partial charge on any atom is -0.480 e. The Morgan fingerprint density at radius 1 is 0.867 bits per heavy atom. The zero-order chi connectivity index (χ0) is 23.3. The standard InChI is InChI=1S/C17H35N9O4/c1-9(2)12(15(29)30)26-14(28)11(6-4-8-24-17(21)22)25-13(27)10(18)5-3-7-23-16(19)20/h9-12H,3-8,18H2,1-2H3,(H,25,27)(H,26,28)(H,29,30)(H4,19,20,23)(H4,21,22,24)/t10-,11-,12-/m0/s1. The summed E-state index contributed by atoms with van der Waals surface area (Å²) < 4.78 is 0. The van der Waals surface area contributed by atoms with Crippen molar-refractivity contribution in [1.82, 2.24) is 10.6 Å². The van der Waals surface area contributed by atoms with Crippen LogP contribution in [-0.2, 0) is 14.4 Å². The third-order valence-corrected chi connectivity index (χ3v) is 4.11. The van der Waals surface area contributed by atoms with Crippen molar-refractivity contribution in [1.29, 1.82) is 0 Å². The number of nitrogens with one attached hydrogen (secondary N) is 2. The fourth-order valence-corrected chi connectivity index (χ4v) is 2.47. The molecule has 0 aliphatic heterocycles. The number of rotatable bonds is 14. The first-order chi connectivity index (χ1) is 14.0. The first kappa shape index (κ1) is 26.9. The minimum atomic E-state index is -1.17. The van der Waals surface area contributed by atoms with Crippen LogP contribution in [0.2, 0.25) is 0 Å². The Morgan fingerprint density at radius 2 is 1.37 bits per heavy atom. The zero-order valence-electron chi connectivity index (χ0n) is 17.5. The van der Waals surface area contributed by atoms with Crippen LogP contribution in [0.1, 0.15) is 39.5 Å². The Bertz CT molecular complexity index is 629. The topological polar surface area (TPSA) is 250 Å². The second-order valence-corrected chi connectivity index (χ2v) is 7.13. The van der Waals surface area contributed by atoms with Crippen molar-refractivity contribution in [3.8, 4) is 0 Å². The highest BCUT2D eigenvalue weighted by Gasteiger charge is 2.29. The van der Waals surface area contributed by atoms with Crippen LogP contribution in [0.3, 0.4) is 0 Å². The van der Waals surface area contributed by atoms with Crippen molar-refractivity contribution in [2.24, 2.45) is 44.6 Å². The zero-order valence-corrected chi connectivity index (χ0v) is 17.5. The fourth-order valence-electron chi connectivity index (χ4n) is 2.47. The Labute approximate surface area is 175 Å². The van der Waals surface area contributed by atoms with Gasteiger partial charge >= 0.3 is 5.97 Å². The molecule has 2 amide bonds. The van der Waals surface area contributed by atoms with Crippen molar-refractivity contribution in [3.63, 3.8) is 0 Å². The van der Waals surface area contributed by atoms with Crippen LogP contribution in [0.5, 0.6) is 0 Å². The molecule has 0 aliphatic rings. The molecule has 0 aromatic carbocycles. The smallest absolute Gasteiger partial charge is 0.326 e. The van der Waals surface area contributed by atoms with Crippen LogP contribution in [0.25, 0.3) is 0 Å². The maximum absolute atomic E-state index is 12.6. The number of aliphatic imine (C=N–C) groups is 2. The lowest BCUT2D eigenvalue weighted by molar-refractivity contribution is -0.143. The lowest BCUT2D eigenvalue weighted by atomic mass is 10.0. The number of carbonyl (C=O) groups excluding carboxylic acids is 2. The first-order valence-corrected chi connectivity index (χ1v) is 9.65. The van der Waals surface area contributed by atoms with E-state index in [2.05, 4.69) is 20.6 Å². The number of nitrogens with two attached hydrogens (primary N) is 5. The van der Waals surface area contributed by atoms with E-state index in [-0.39, 0.29) is 30.8 Å². The van der Waals surface area contributed by atoms with E-state index in [9.17, 15) is 19.5 Å². The summed E-state index contributed by atoms with van der Waals surface area (Å²) in [4.78, 5) is 44.0. The highest BCUT2D eigenvalue weighted by molar-refractivity contribution is 5.91. The molecule has 0 rings (SSSR count). The van der Waals surface area contributed by atoms with Crippen LogP contribution < -0.4 is 39.3 Å². The molecule has 0 radical (unpaired) electrons. The molecule has 0 spiro atoms. The van der Waals surface area contributed by atoms with Gasteiger partial charge in [0.1, 0.15) is 12.1 Å². The molecule has 30 heavy (non-hydrogen) atoms.